The summed E-state index contributed by atoms with van der Waals surface area (Å²) in [5.74, 6) is -0.790. The molecule has 16 heavy (non-hydrogen) atoms. The average Bonchev–Trinajstić information content (AvgIpc) is 2.60. The van der Waals surface area contributed by atoms with E-state index in [1.54, 1.807) is 0 Å². The highest BCUT2D eigenvalue weighted by Gasteiger charge is 2.35. The van der Waals surface area contributed by atoms with Gasteiger partial charge in [0.2, 0.25) is 0 Å². The van der Waals surface area contributed by atoms with Crippen molar-refractivity contribution in [3.63, 3.8) is 0 Å². The zero-order valence-electron chi connectivity index (χ0n) is 8.67. The van der Waals surface area contributed by atoms with Crippen molar-refractivity contribution in [2.45, 2.75) is 29.0 Å². The number of carboxylic acid groups (broad SMARTS) is 1. The van der Waals surface area contributed by atoms with E-state index >= 15 is 0 Å². The van der Waals surface area contributed by atoms with Gasteiger partial charge in [-0.15, -0.1) is 0 Å². The molecule has 1 saturated heterocycles. The molecule has 1 aromatic rings. The lowest BCUT2D eigenvalue weighted by molar-refractivity contribution is -0.140. The van der Waals surface area contributed by atoms with Crippen molar-refractivity contribution in [1.82, 2.24) is 0 Å². The van der Waals surface area contributed by atoms with Gasteiger partial charge in [0.1, 0.15) is 0 Å². The number of hydrogen-bond donors (Lipinski definition) is 1. The first-order valence-electron chi connectivity index (χ1n) is 5.23. The van der Waals surface area contributed by atoms with Crippen LogP contribution in [0, 0.1) is 0 Å². The Bertz CT molecular complexity index is 366. The summed E-state index contributed by atoms with van der Waals surface area (Å²) in [6.45, 7) is 0. The van der Waals surface area contributed by atoms with Gasteiger partial charge < -0.3 is 9.84 Å². The fourth-order valence-electron chi connectivity index (χ4n) is 1.98. The van der Waals surface area contributed by atoms with E-state index in [0.29, 0.717) is 3.92 Å². The summed E-state index contributed by atoms with van der Waals surface area (Å²) in [6, 6.07) is 9.98. The van der Waals surface area contributed by atoms with Crippen LogP contribution in [0.4, 0.5) is 0 Å². The molecule has 3 atom stereocenters. The largest absolute Gasteiger partial charge is 0.481 e. The molecule has 0 radical (unpaired) electrons. The molecular formula is C12H13IO3. The smallest absolute Gasteiger partial charge is 0.305 e. The highest BCUT2D eigenvalue weighted by Crippen LogP contribution is 2.38. The van der Waals surface area contributed by atoms with Gasteiger partial charge in [-0.3, -0.25) is 4.79 Å². The van der Waals surface area contributed by atoms with Crippen LogP contribution in [0.3, 0.4) is 0 Å². The highest BCUT2D eigenvalue weighted by molar-refractivity contribution is 14.1. The first kappa shape index (κ1) is 11.9. The molecule has 86 valence electrons. The van der Waals surface area contributed by atoms with Gasteiger partial charge in [0.15, 0.2) is 0 Å². The Kier molecular flexibility index (Phi) is 3.81. The minimum Gasteiger partial charge on any atom is -0.481 e. The molecular weight excluding hydrogens is 319 g/mol. The molecule has 1 fully saturated rings. The Hall–Kier alpha value is -0.620. The average molecular weight is 332 g/mol. The van der Waals surface area contributed by atoms with Crippen molar-refractivity contribution < 1.29 is 14.6 Å². The molecule has 0 amide bonds. The number of benzene rings is 1. The summed E-state index contributed by atoms with van der Waals surface area (Å²) < 4.78 is 6.13. The second kappa shape index (κ2) is 5.14. The van der Waals surface area contributed by atoms with Crippen LogP contribution < -0.4 is 0 Å². The van der Waals surface area contributed by atoms with Crippen molar-refractivity contribution >= 4 is 28.6 Å². The van der Waals surface area contributed by atoms with Crippen molar-refractivity contribution in [1.29, 1.82) is 0 Å². The molecule has 1 N–H and O–H groups in total. The number of aliphatic carboxylic acids is 1. The molecule has 1 heterocycles. The van der Waals surface area contributed by atoms with Crippen LogP contribution in [-0.4, -0.2) is 21.1 Å². The van der Waals surface area contributed by atoms with Crippen molar-refractivity contribution in [2.24, 2.45) is 0 Å². The standard InChI is InChI=1S/C12H13IO3/c13-10-6-9(7-11(14)15)16-12(10)8-4-2-1-3-5-8/h1-5,9-10,12H,6-7H2,(H,14,15)/t9-,10+,12-/m1/s1. The van der Waals surface area contributed by atoms with E-state index in [0.717, 1.165) is 12.0 Å². The molecule has 0 bridgehead atoms. The fraction of sp³-hybridized carbons (Fsp3) is 0.417. The summed E-state index contributed by atoms with van der Waals surface area (Å²) >= 11 is 2.34. The zero-order valence-corrected chi connectivity index (χ0v) is 10.8. The van der Waals surface area contributed by atoms with Gasteiger partial charge in [0.25, 0.3) is 0 Å². The summed E-state index contributed by atoms with van der Waals surface area (Å²) in [5.41, 5.74) is 1.13. The maximum Gasteiger partial charge on any atom is 0.305 e. The summed E-state index contributed by atoms with van der Waals surface area (Å²) in [6.07, 6.45) is 0.797. The number of hydrogen-bond acceptors (Lipinski definition) is 2. The molecule has 0 unspecified atom stereocenters. The van der Waals surface area contributed by atoms with E-state index in [1.165, 1.54) is 0 Å². The lowest BCUT2D eigenvalue weighted by atomic mass is 10.1. The molecule has 1 aliphatic heterocycles. The number of halogens is 1. The molecule has 0 spiro atoms. The number of carboxylic acids is 1. The van der Waals surface area contributed by atoms with E-state index in [2.05, 4.69) is 22.6 Å². The quantitative estimate of drug-likeness (QED) is 0.684. The Morgan fingerprint density at radius 1 is 1.44 bits per heavy atom. The summed E-state index contributed by atoms with van der Waals surface area (Å²) in [4.78, 5) is 10.6. The number of alkyl halides is 1. The predicted octanol–water partition coefficient (Wildman–Crippen LogP) is 2.79. The number of ether oxygens (including phenoxy) is 1. The van der Waals surface area contributed by atoms with Crippen LogP contribution in [-0.2, 0) is 9.53 Å². The van der Waals surface area contributed by atoms with Crippen LogP contribution in [0.5, 0.6) is 0 Å². The minimum absolute atomic E-state index is 0.0335. The molecule has 3 nitrogen and oxygen atoms in total. The Morgan fingerprint density at radius 2 is 2.12 bits per heavy atom. The van der Waals surface area contributed by atoms with Gasteiger partial charge >= 0.3 is 5.97 Å². The summed E-state index contributed by atoms with van der Waals surface area (Å²) in [7, 11) is 0. The normalized spacial score (nSPS) is 29.2. The van der Waals surface area contributed by atoms with Gasteiger partial charge in [-0.25, -0.2) is 0 Å². The van der Waals surface area contributed by atoms with Crippen molar-refractivity contribution in [3.05, 3.63) is 35.9 Å². The maximum atomic E-state index is 10.6. The zero-order chi connectivity index (χ0) is 11.5. The predicted molar refractivity (Wildman–Crippen MR) is 68.7 cm³/mol. The fourth-order valence-corrected chi connectivity index (χ4v) is 3.13. The van der Waals surface area contributed by atoms with Gasteiger partial charge in [0, 0.05) is 3.92 Å². The molecule has 2 rings (SSSR count). The molecule has 0 aromatic heterocycles. The molecule has 1 aliphatic rings. The van der Waals surface area contributed by atoms with Crippen LogP contribution >= 0.6 is 22.6 Å². The van der Waals surface area contributed by atoms with Gasteiger partial charge in [-0.2, -0.15) is 0 Å². The van der Waals surface area contributed by atoms with Crippen molar-refractivity contribution in [3.8, 4) is 0 Å². The third kappa shape index (κ3) is 2.74. The SMILES string of the molecule is O=C(O)C[C@H]1C[C@H](I)[C@@H](c2ccccc2)O1. The molecule has 0 saturated carbocycles. The Morgan fingerprint density at radius 3 is 2.75 bits per heavy atom. The van der Waals surface area contributed by atoms with Crippen LogP contribution in [0.25, 0.3) is 0 Å². The van der Waals surface area contributed by atoms with E-state index < -0.39 is 5.97 Å². The molecule has 4 heteroatoms. The van der Waals surface area contributed by atoms with Crippen LogP contribution in [0.2, 0.25) is 0 Å². The van der Waals surface area contributed by atoms with E-state index in [1.807, 2.05) is 30.3 Å². The third-order valence-corrected chi connectivity index (χ3v) is 3.85. The van der Waals surface area contributed by atoms with E-state index in [9.17, 15) is 4.79 Å². The second-order valence-electron chi connectivity index (χ2n) is 3.94. The number of rotatable bonds is 3. The minimum atomic E-state index is -0.790. The highest BCUT2D eigenvalue weighted by atomic mass is 127. The summed E-state index contributed by atoms with van der Waals surface area (Å²) in [5, 5.41) is 8.73. The van der Waals surface area contributed by atoms with Crippen LogP contribution in [0.1, 0.15) is 24.5 Å². The maximum absolute atomic E-state index is 10.6. The van der Waals surface area contributed by atoms with Gasteiger partial charge in [-0.1, -0.05) is 52.9 Å². The molecule has 0 aliphatic carbocycles. The van der Waals surface area contributed by atoms with Gasteiger partial charge in [0.05, 0.1) is 18.6 Å². The first-order chi connectivity index (χ1) is 7.66. The topological polar surface area (TPSA) is 46.5 Å². The van der Waals surface area contributed by atoms with Gasteiger partial charge in [-0.05, 0) is 12.0 Å². The van der Waals surface area contributed by atoms with Crippen LogP contribution in [0.15, 0.2) is 30.3 Å². The lowest BCUT2D eigenvalue weighted by Gasteiger charge is -2.14. The Balaban J connectivity index is 2.05. The molecule has 1 aromatic carbocycles. The van der Waals surface area contributed by atoms with Crippen molar-refractivity contribution in [2.75, 3.05) is 0 Å². The first-order valence-corrected chi connectivity index (χ1v) is 6.47. The van der Waals surface area contributed by atoms with E-state index in [-0.39, 0.29) is 18.6 Å². The lowest BCUT2D eigenvalue weighted by Crippen LogP contribution is -2.12. The third-order valence-electron chi connectivity index (χ3n) is 2.69. The second-order valence-corrected chi connectivity index (χ2v) is 5.54. The van der Waals surface area contributed by atoms with E-state index in [4.69, 9.17) is 9.84 Å². The Labute approximate surface area is 108 Å². The number of carbonyl (C=O) groups is 1. The monoisotopic (exact) mass is 332 g/mol.